The summed E-state index contributed by atoms with van der Waals surface area (Å²) in [5.74, 6) is -1.40. The molecule has 104 valence electrons. The van der Waals surface area contributed by atoms with E-state index >= 15 is 0 Å². The summed E-state index contributed by atoms with van der Waals surface area (Å²) in [5, 5.41) is 11.0. The Labute approximate surface area is 106 Å². The van der Waals surface area contributed by atoms with Crippen LogP contribution in [-0.4, -0.2) is 54.2 Å². The Morgan fingerprint density at radius 3 is 2.39 bits per heavy atom. The molecular formula is C11H20N2O5. The molecule has 0 radical (unpaired) electrons. The minimum atomic E-state index is -0.903. The van der Waals surface area contributed by atoms with E-state index < -0.39 is 18.0 Å². The van der Waals surface area contributed by atoms with E-state index in [4.69, 9.17) is 5.11 Å². The Morgan fingerprint density at radius 2 is 1.94 bits per heavy atom. The standard InChI is InChI=1S/C11H20N2O5/c1-8(2)13(7-10(16)18-3)11(17)12-6-4-5-9(14)15/h8H,4-7H2,1-3H3,(H,12,17)(H,14,15). The number of carbonyl (C=O) groups is 3. The Balaban J connectivity index is 4.14. The summed E-state index contributed by atoms with van der Waals surface area (Å²) in [6.45, 7) is 3.69. The van der Waals surface area contributed by atoms with Gasteiger partial charge in [0.1, 0.15) is 6.54 Å². The van der Waals surface area contributed by atoms with Crippen LogP contribution in [0.15, 0.2) is 0 Å². The molecule has 0 aromatic carbocycles. The molecule has 2 amide bonds. The molecule has 0 aromatic rings. The molecule has 2 N–H and O–H groups in total. The number of hydrogen-bond acceptors (Lipinski definition) is 4. The van der Waals surface area contributed by atoms with Crippen molar-refractivity contribution in [1.29, 1.82) is 0 Å². The summed E-state index contributed by atoms with van der Waals surface area (Å²) in [6, 6.07) is -0.552. The fourth-order valence-electron chi connectivity index (χ4n) is 1.23. The van der Waals surface area contributed by atoms with E-state index in [9.17, 15) is 14.4 Å². The van der Waals surface area contributed by atoms with Crippen LogP contribution in [0.5, 0.6) is 0 Å². The molecule has 0 fully saturated rings. The molecule has 0 bridgehead atoms. The number of methoxy groups -OCH3 is 1. The molecule has 7 nitrogen and oxygen atoms in total. The maximum absolute atomic E-state index is 11.7. The van der Waals surface area contributed by atoms with Gasteiger partial charge in [-0.25, -0.2) is 4.79 Å². The lowest BCUT2D eigenvalue weighted by molar-refractivity contribution is -0.141. The number of carboxylic acid groups (broad SMARTS) is 1. The second kappa shape index (κ2) is 8.32. The van der Waals surface area contributed by atoms with Crippen LogP contribution in [-0.2, 0) is 14.3 Å². The summed E-state index contributed by atoms with van der Waals surface area (Å²) >= 11 is 0. The number of esters is 1. The van der Waals surface area contributed by atoms with Gasteiger partial charge in [0.15, 0.2) is 0 Å². The topological polar surface area (TPSA) is 95.9 Å². The Bertz CT molecular complexity index is 304. The predicted molar refractivity (Wildman–Crippen MR) is 64.1 cm³/mol. The van der Waals surface area contributed by atoms with E-state index in [-0.39, 0.29) is 25.6 Å². The molecule has 0 rings (SSSR count). The minimum Gasteiger partial charge on any atom is -0.481 e. The molecule has 0 aliphatic carbocycles. The van der Waals surface area contributed by atoms with Crippen molar-refractivity contribution in [3.8, 4) is 0 Å². The van der Waals surface area contributed by atoms with E-state index in [0.717, 1.165) is 0 Å². The van der Waals surface area contributed by atoms with Crippen molar-refractivity contribution < 1.29 is 24.2 Å². The lowest BCUT2D eigenvalue weighted by Crippen LogP contribution is -2.47. The molecule has 7 heteroatoms. The predicted octanol–water partition coefficient (Wildman–Crippen LogP) is 0.444. The van der Waals surface area contributed by atoms with E-state index in [1.165, 1.54) is 12.0 Å². The molecule has 0 aliphatic rings. The highest BCUT2D eigenvalue weighted by molar-refractivity contribution is 5.81. The highest BCUT2D eigenvalue weighted by atomic mass is 16.5. The van der Waals surface area contributed by atoms with E-state index in [1.807, 2.05) is 0 Å². The van der Waals surface area contributed by atoms with Gasteiger partial charge in [0, 0.05) is 19.0 Å². The molecule has 0 saturated heterocycles. The highest BCUT2D eigenvalue weighted by Crippen LogP contribution is 1.99. The summed E-state index contributed by atoms with van der Waals surface area (Å²) in [5.41, 5.74) is 0. The second-order valence-corrected chi connectivity index (χ2v) is 4.03. The number of rotatable bonds is 7. The number of aliphatic carboxylic acids is 1. The van der Waals surface area contributed by atoms with Gasteiger partial charge in [0.05, 0.1) is 7.11 Å². The van der Waals surface area contributed by atoms with Gasteiger partial charge in [-0.1, -0.05) is 0 Å². The zero-order valence-corrected chi connectivity index (χ0v) is 10.9. The zero-order valence-electron chi connectivity index (χ0n) is 10.9. The van der Waals surface area contributed by atoms with Crippen molar-refractivity contribution in [1.82, 2.24) is 10.2 Å². The van der Waals surface area contributed by atoms with E-state index in [0.29, 0.717) is 6.42 Å². The third kappa shape index (κ3) is 6.72. The first kappa shape index (κ1) is 16.2. The van der Waals surface area contributed by atoms with Crippen molar-refractivity contribution in [3.63, 3.8) is 0 Å². The van der Waals surface area contributed by atoms with Gasteiger partial charge in [-0.05, 0) is 20.3 Å². The number of amides is 2. The minimum absolute atomic E-state index is 0.00103. The highest BCUT2D eigenvalue weighted by Gasteiger charge is 2.19. The Kier molecular flexibility index (Phi) is 7.50. The first-order valence-corrected chi connectivity index (χ1v) is 5.71. The Hall–Kier alpha value is -1.79. The summed E-state index contributed by atoms with van der Waals surface area (Å²) in [7, 11) is 1.26. The van der Waals surface area contributed by atoms with Crippen LogP contribution in [0.1, 0.15) is 26.7 Å². The second-order valence-electron chi connectivity index (χ2n) is 4.03. The van der Waals surface area contributed by atoms with Gasteiger partial charge in [-0.2, -0.15) is 0 Å². The maximum Gasteiger partial charge on any atom is 0.325 e. The third-order valence-electron chi connectivity index (χ3n) is 2.25. The monoisotopic (exact) mass is 260 g/mol. The molecule has 0 aromatic heterocycles. The quantitative estimate of drug-likeness (QED) is 0.511. The van der Waals surface area contributed by atoms with Crippen LogP contribution < -0.4 is 5.32 Å². The van der Waals surface area contributed by atoms with Crippen molar-refractivity contribution in [2.45, 2.75) is 32.7 Å². The number of nitrogens with one attached hydrogen (secondary N) is 1. The van der Waals surface area contributed by atoms with Crippen molar-refractivity contribution in [2.24, 2.45) is 0 Å². The van der Waals surface area contributed by atoms with Crippen LogP contribution in [0.25, 0.3) is 0 Å². The van der Waals surface area contributed by atoms with Gasteiger partial charge < -0.3 is 20.1 Å². The van der Waals surface area contributed by atoms with E-state index in [1.54, 1.807) is 13.8 Å². The molecule has 0 spiro atoms. The van der Waals surface area contributed by atoms with Crippen LogP contribution >= 0.6 is 0 Å². The fraction of sp³-hybridized carbons (Fsp3) is 0.727. The third-order valence-corrected chi connectivity index (χ3v) is 2.25. The molecule has 0 unspecified atom stereocenters. The lowest BCUT2D eigenvalue weighted by atomic mass is 10.3. The van der Waals surface area contributed by atoms with Gasteiger partial charge in [-0.15, -0.1) is 0 Å². The number of ether oxygens (including phenoxy) is 1. The molecular weight excluding hydrogens is 240 g/mol. The number of carbonyl (C=O) groups excluding carboxylic acids is 2. The fourth-order valence-corrected chi connectivity index (χ4v) is 1.23. The van der Waals surface area contributed by atoms with Crippen molar-refractivity contribution >= 4 is 18.0 Å². The lowest BCUT2D eigenvalue weighted by Gasteiger charge is -2.25. The number of nitrogens with zero attached hydrogens (tertiary/aromatic N) is 1. The van der Waals surface area contributed by atoms with Crippen LogP contribution in [0.4, 0.5) is 4.79 Å². The normalized spacial score (nSPS) is 10.0. The number of urea groups is 1. The van der Waals surface area contributed by atoms with Gasteiger partial charge >= 0.3 is 18.0 Å². The molecule has 0 atom stereocenters. The number of carboxylic acids is 1. The smallest absolute Gasteiger partial charge is 0.325 e. The molecule has 0 saturated carbocycles. The summed E-state index contributed by atoms with van der Waals surface area (Å²) < 4.78 is 4.50. The average molecular weight is 260 g/mol. The van der Waals surface area contributed by atoms with Gasteiger partial charge in [0.2, 0.25) is 0 Å². The summed E-state index contributed by atoms with van der Waals surface area (Å²) in [6.07, 6.45) is 0.351. The van der Waals surface area contributed by atoms with Gasteiger partial charge in [-0.3, -0.25) is 9.59 Å². The molecule has 0 aliphatic heterocycles. The van der Waals surface area contributed by atoms with Crippen LogP contribution in [0.3, 0.4) is 0 Å². The summed E-state index contributed by atoms with van der Waals surface area (Å²) in [4.78, 5) is 34.5. The number of hydrogen-bond donors (Lipinski definition) is 2. The van der Waals surface area contributed by atoms with Crippen LogP contribution in [0.2, 0.25) is 0 Å². The van der Waals surface area contributed by atoms with Crippen molar-refractivity contribution in [3.05, 3.63) is 0 Å². The Morgan fingerprint density at radius 1 is 1.33 bits per heavy atom. The largest absolute Gasteiger partial charge is 0.481 e. The van der Waals surface area contributed by atoms with Crippen molar-refractivity contribution in [2.75, 3.05) is 20.2 Å². The molecule has 0 heterocycles. The van der Waals surface area contributed by atoms with E-state index in [2.05, 4.69) is 10.1 Å². The molecule has 18 heavy (non-hydrogen) atoms. The van der Waals surface area contributed by atoms with Crippen LogP contribution in [0, 0.1) is 0 Å². The first-order chi connectivity index (χ1) is 8.38. The SMILES string of the molecule is COC(=O)CN(C(=O)NCCCC(=O)O)C(C)C. The maximum atomic E-state index is 11.7. The first-order valence-electron chi connectivity index (χ1n) is 5.71. The average Bonchev–Trinajstić information content (AvgIpc) is 2.30. The van der Waals surface area contributed by atoms with Gasteiger partial charge in [0.25, 0.3) is 0 Å². The zero-order chi connectivity index (χ0) is 14.1.